The summed E-state index contributed by atoms with van der Waals surface area (Å²) < 4.78 is 1.51. The summed E-state index contributed by atoms with van der Waals surface area (Å²) in [6, 6.07) is 0. The number of carboxylic acid groups (broad SMARTS) is 2. The summed E-state index contributed by atoms with van der Waals surface area (Å²) in [6.07, 6.45) is 15.0. The number of carboxylic acids is 2. The number of carbonyl (C=O) groups excluding carboxylic acids is 2. The first kappa shape index (κ1) is 32.8. The molecule has 0 aromatic heterocycles. The van der Waals surface area contributed by atoms with Gasteiger partial charge < -0.3 is 19.8 Å². The maximum absolute atomic E-state index is 9.26. The van der Waals surface area contributed by atoms with Crippen molar-refractivity contribution >= 4 is 77.6 Å². The third-order valence-electron chi connectivity index (χ3n) is 3.28. The largest absolute Gasteiger partial charge is 2.00 e. The van der Waals surface area contributed by atoms with Crippen LogP contribution < -0.4 is 10.2 Å². The van der Waals surface area contributed by atoms with E-state index in [0.717, 1.165) is 0 Å². The molecular formula is C18H35CaNaO4. The summed E-state index contributed by atoms with van der Waals surface area (Å²) >= 11 is 1.41. The van der Waals surface area contributed by atoms with Crippen LogP contribution in [0, 0.1) is 0 Å². The van der Waals surface area contributed by atoms with Crippen LogP contribution in [-0.4, -0.2) is 77.6 Å². The Balaban J connectivity index is -0.000000151. The topological polar surface area (TPSA) is 80.3 Å². The molecule has 24 heavy (non-hydrogen) atoms. The minimum atomic E-state index is -0.995. The van der Waals surface area contributed by atoms with E-state index >= 15 is 0 Å². The van der Waals surface area contributed by atoms with E-state index in [0.29, 0.717) is 0 Å². The van der Waals surface area contributed by atoms with Gasteiger partial charge in [-0.2, -0.15) is 0 Å². The molecule has 0 aliphatic carbocycles. The Kier molecular flexibility index (Phi) is 43.7. The van der Waals surface area contributed by atoms with Crippen molar-refractivity contribution in [1.82, 2.24) is 0 Å². The first-order valence-corrected chi connectivity index (χ1v) is 10.8. The maximum Gasteiger partial charge on any atom is 2.00 e. The predicted octanol–water partition coefficient (Wildman–Crippen LogP) is 2.41. The zero-order chi connectivity index (χ0) is 18.3. The van der Waals surface area contributed by atoms with E-state index in [-0.39, 0.29) is 50.6 Å². The van der Waals surface area contributed by atoms with Gasteiger partial charge in [0.25, 0.3) is 0 Å². The van der Waals surface area contributed by atoms with E-state index in [4.69, 9.17) is 0 Å². The Hall–Kier alpha value is 1.20. The molecule has 0 amide bonds. The Morgan fingerprint density at radius 1 is 0.667 bits per heavy atom. The Bertz CT molecular complexity index is 227. The van der Waals surface area contributed by atoms with Gasteiger partial charge in [-0.05, 0) is 12.8 Å². The molecule has 0 saturated heterocycles. The van der Waals surface area contributed by atoms with E-state index in [1.807, 2.05) is 0 Å². The van der Waals surface area contributed by atoms with Gasteiger partial charge in [0.15, 0.2) is 0 Å². The van der Waals surface area contributed by atoms with E-state index < -0.39 is 11.9 Å². The predicted molar refractivity (Wildman–Crippen MR) is 98.8 cm³/mol. The van der Waals surface area contributed by atoms with E-state index in [1.165, 1.54) is 110 Å². The maximum atomic E-state index is 9.26. The van der Waals surface area contributed by atoms with Gasteiger partial charge in [0.05, 0.1) is 0 Å². The fourth-order valence-corrected chi connectivity index (χ4v) is 2.24. The number of rotatable bonds is 12. The van der Waals surface area contributed by atoms with Crippen molar-refractivity contribution in [2.45, 2.75) is 101 Å². The molecule has 0 N–H and O–H groups in total. The van der Waals surface area contributed by atoms with Crippen LogP contribution >= 0.6 is 0 Å². The van der Waals surface area contributed by atoms with Crippen molar-refractivity contribution in [3.8, 4) is 0 Å². The second-order valence-electron chi connectivity index (χ2n) is 5.63. The van der Waals surface area contributed by atoms with Crippen LogP contribution in [0.25, 0.3) is 0 Å². The van der Waals surface area contributed by atoms with Gasteiger partial charge in [-0.15, -0.1) is 0 Å². The SMILES string of the molecule is CCC(=O)[O-].CCC(=O)[O-].CCCCCCCCCCC[CH2][Na].[Ca+2]. The van der Waals surface area contributed by atoms with Gasteiger partial charge >= 0.3 is 140 Å². The molecule has 134 valence electrons. The van der Waals surface area contributed by atoms with E-state index in [9.17, 15) is 19.8 Å². The first-order valence-electron chi connectivity index (χ1n) is 9.35. The van der Waals surface area contributed by atoms with Crippen molar-refractivity contribution in [3.63, 3.8) is 0 Å². The summed E-state index contributed by atoms with van der Waals surface area (Å²) in [4.78, 5) is 18.5. The van der Waals surface area contributed by atoms with Gasteiger partial charge in [-0.3, -0.25) is 0 Å². The van der Waals surface area contributed by atoms with Gasteiger partial charge in [0.1, 0.15) is 0 Å². The third kappa shape index (κ3) is 49.5. The summed E-state index contributed by atoms with van der Waals surface area (Å²) in [6.45, 7) is 5.36. The monoisotopic (exact) mass is 378 g/mol. The van der Waals surface area contributed by atoms with E-state index in [2.05, 4.69) is 6.92 Å². The van der Waals surface area contributed by atoms with Crippen molar-refractivity contribution < 1.29 is 19.8 Å². The minimum Gasteiger partial charge on any atom is 2.00 e. The Morgan fingerprint density at radius 2 is 0.917 bits per heavy atom. The summed E-state index contributed by atoms with van der Waals surface area (Å²) in [5.74, 6) is -1.99. The Labute approximate surface area is 197 Å². The van der Waals surface area contributed by atoms with E-state index in [1.54, 1.807) is 0 Å². The molecule has 0 radical (unpaired) electrons. The summed E-state index contributed by atoms with van der Waals surface area (Å²) in [5.41, 5.74) is 0. The van der Waals surface area contributed by atoms with Crippen LogP contribution in [0.3, 0.4) is 0 Å². The number of hydrogen-bond donors (Lipinski definition) is 0. The quantitative estimate of drug-likeness (QED) is 0.386. The Morgan fingerprint density at radius 3 is 1.12 bits per heavy atom. The molecule has 0 aromatic rings. The molecule has 0 heterocycles. The normalized spacial score (nSPS) is 8.88. The van der Waals surface area contributed by atoms with Crippen molar-refractivity contribution in [3.05, 3.63) is 0 Å². The zero-order valence-electron chi connectivity index (χ0n) is 16.5. The van der Waals surface area contributed by atoms with Crippen LogP contribution in [0.2, 0.25) is 3.67 Å². The van der Waals surface area contributed by atoms with Crippen molar-refractivity contribution in [2.75, 3.05) is 0 Å². The molecular weight excluding hydrogens is 343 g/mol. The summed E-state index contributed by atoms with van der Waals surface area (Å²) in [5, 5.41) is 18.5. The van der Waals surface area contributed by atoms with Crippen LogP contribution in [0.1, 0.15) is 97.8 Å². The number of aliphatic carboxylic acids is 2. The second-order valence-corrected chi connectivity index (χ2v) is 6.63. The van der Waals surface area contributed by atoms with Gasteiger partial charge in [0, 0.05) is 11.9 Å². The zero-order valence-corrected chi connectivity index (χ0v) is 20.7. The second kappa shape index (κ2) is 31.9. The molecule has 0 rings (SSSR count). The van der Waals surface area contributed by atoms with Crippen LogP contribution in [0.5, 0.6) is 0 Å². The molecule has 0 fully saturated rings. The third-order valence-corrected chi connectivity index (χ3v) is 3.99. The smallest absolute Gasteiger partial charge is 2.00 e. The molecule has 0 bridgehead atoms. The van der Waals surface area contributed by atoms with Crippen LogP contribution in [0.15, 0.2) is 0 Å². The molecule has 6 heteroatoms. The number of hydrogen-bond acceptors (Lipinski definition) is 4. The average molecular weight is 379 g/mol. The van der Waals surface area contributed by atoms with Crippen LogP contribution in [-0.2, 0) is 9.59 Å². The molecule has 4 nitrogen and oxygen atoms in total. The number of carbonyl (C=O) groups is 2. The van der Waals surface area contributed by atoms with Gasteiger partial charge in [0.2, 0.25) is 0 Å². The number of unbranched alkanes of at least 4 members (excludes halogenated alkanes) is 9. The molecule has 0 unspecified atom stereocenters. The fraction of sp³-hybridized carbons (Fsp3) is 0.889. The molecule has 0 saturated carbocycles. The molecule has 0 atom stereocenters. The standard InChI is InChI=1S/C12H25.2C3H6O2.Ca.Na/c1-3-5-7-9-11-12-10-8-6-4-2;2*1-2-3(4)5;;/h1,3-12H2,2H3;2*2H2,1H3,(H,4,5);;/q;;;+2;/p-2. The van der Waals surface area contributed by atoms with Crippen molar-refractivity contribution in [2.24, 2.45) is 0 Å². The first-order chi connectivity index (χ1) is 11.0. The van der Waals surface area contributed by atoms with Crippen molar-refractivity contribution in [1.29, 1.82) is 0 Å². The van der Waals surface area contributed by atoms with Crippen LogP contribution in [0.4, 0.5) is 0 Å². The molecule has 0 aliphatic heterocycles. The van der Waals surface area contributed by atoms with Gasteiger partial charge in [-0.25, -0.2) is 0 Å². The molecule has 0 spiro atoms. The molecule has 0 aromatic carbocycles. The molecule has 0 aliphatic rings. The fourth-order valence-electron chi connectivity index (χ4n) is 1.74. The summed E-state index contributed by atoms with van der Waals surface area (Å²) in [7, 11) is 0. The average Bonchev–Trinajstić information content (AvgIpc) is 2.54. The minimum absolute atomic E-state index is 0. The van der Waals surface area contributed by atoms with Gasteiger partial charge in [-0.1, -0.05) is 13.8 Å².